The van der Waals surface area contributed by atoms with Gasteiger partial charge in [0.2, 0.25) is 0 Å². The number of nitrogens with one attached hydrogen (secondary N) is 1. The van der Waals surface area contributed by atoms with Crippen molar-refractivity contribution in [1.29, 1.82) is 0 Å². The topological polar surface area (TPSA) is 50.7 Å². The molecule has 1 atom stereocenters. The number of methoxy groups -OCH3 is 2. The normalized spacial score (nSPS) is 12.3. The monoisotopic (exact) mass is 285 g/mol. The first-order valence-electron chi connectivity index (χ1n) is 6.33. The maximum Gasteiger partial charge on any atom is 0.161 e. The molecule has 0 amide bonds. The first-order valence-corrected chi connectivity index (χ1v) is 7.56. The Hall–Kier alpha value is -0.910. The number of rotatable bonds is 8. The van der Waals surface area contributed by atoms with Crippen LogP contribution in [0.5, 0.6) is 11.5 Å². The molecular weight excluding hydrogens is 262 g/mol. The van der Waals surface area contributed by atoms with Crippen molar-refractivity contribution in [2.24, 2.45) is 0 Å². The van der Waals surface area contributed by atoms with E-state index in [1.807, 2.05) is 25.3 Å². The van der Waals surface area contributed by atoms with Crippen LogP contribution in [0.1, 0.15) is 18.9 Å². The summed E-state index contributed by atoms with van der Waals surface area (Å²) in [6.45, 7) is 3.27. The lowest BCUT2D eigenvalue weighted by Gasteiger charge is -2.15. The van der Waals surface area contributed by atoms with Gasteiger partial charge in [-0.2, -0.15) is 0 Å². The van der Waals surface area contributed by atoms with E-state index >= 15 is 0 Å². The number of thioether (sulfide) groups is 1. The van der Waals surface area contributed by atoms with E-state index in [9.17, 15) is 5.11 Å². The van der Waals surface area contributed by atoms with Crippen LogP contribution >= 0.6 is 11.8 Å². The van der Waals surface area contributed by atoms with Crippen LogP contribution < -0.4 is 14.8 Å². The van der Waals surface area contributed by atoms with E-state index in [1.54, 1.807) is 26.0 Å². The highest BCUT2D eigenvalue weighted by Crippen LogP contribution is 2.34. The Kier molecular flexibility index (Phi) is 7.05. The number of ether oxygens (including phenoxy) is 2. The lowest BCUT2D eigenvalue weighted by atomic mass is 10.2. The first-order chi connectivity index (χ1) is 9.15. The van der Waals surface area contributed by atoms with Gasteiger partial charge in [0, 0.05) is 18.0 Å². The highest BCUT2D eigenvalue weighted by molar-refractivity contribution is 7.98. The van der Waals surface area contributed by atoms with Crippen molar-refractivity contribution < 1.29 is 14.6 Å². The minimum Gasteiger partial charge on any atom is -0.493 e. The van der Waals surface area contributed by atoms with E-state index in [-0.39, 0.29) is 6.10 Å². The Balaban J connectivity index is 2.80. The minimum atomic E-state index is -0.294. The van der Waals surface area contributed by atoms with Crippen LogP contribution in [0.3, 0.4) is 0 Å². The molecule has 1 unspecified atom stereocenters. The molecule has 5 heteroatoms. The van der Waals surface area contributed by atoms with Crippen LogP contribution in [0.2, 0.25) is 0 Å². The van der Waals surface area contributed by atoms with E-state index < -0.39 is 0 Å². The van der Waals surface area contributed by atoms with Gasteiger partial charge < -0.3 is 19.9 Å². The Morgan fingerprint density at radius 1 is 1.26 bits per heavy atom. The second-order valence-corrected chi connectivity index (χ2v) is 5.06. The predicted octanol–water partition coefficient (Wildman–Crippen LogP) is 2.29. The van der Waals surface area contributed by atoms with Gasteiger partial charge in [-0.1, -0.05) is 6.92 Å². The van der Waals surface area contributed by atoms with Crippen molar-refractivity contribution in [3.8, 4) is 11.5 Å². The zero-order valence-corrected chi connectivity index (χ0v) is 12.8. The van der Waals surface area contributed by atoms with Crippen molar-refractivity contribution in [1.82, 2.24) is 5.32 Å². The van der Waals surface area contributed by atoms with Gasteiger partial charge in [0.25, 0.3) is 0 Å². The molecule has 4 nitrogen and oxygen atoms in total. The van der Waals surface area contributed by atoms with Gasteiger partial charge in [-0.05, 0) is 30.4 Å². The summed E-state index contributed by atoms with van der Waals surface area (Å²) in [6.07, 6.45) is 2.50. The molecule has 0 fully saturated rings. The Morgan fingerprint density at radius 3 is 2.42 bits per heavy atom. The molecule has 0 radical (unpaired) electrons. The fourth-order valence-electron chi connectivity index (χ4n) is 1.75. The molecular formula is C14H23NO3S. The van der Waals surface area contributed by atoms with Gasteiger partial charge in [0.1, 0.15) is 0 Å². The van der Waals surface area contributed by atoms with Gasteiger partial charge in [-0.25, -0.2) is 0 Å². The SMILES string of the molecule is CCC(O)CNCc1cc(OC)c(OC)cc1SC. The number of hydrogen-bond donors (Lipinski definition) is 2. The molecule has 0 heterocycles. The first kappa shape index (κ1) is 16.1. The average molecular weight is 285 g/mol. The van der Waals surface area contributed by atoms with Crippen LogP contribution in [0, 0.1) is 0 Å². The van der Waals surface area contributed by atoms with Gasteiger partial charge in [0.05, 0.1) is 20.3 Å². The van der Waals surface area contributed by atoms with Crippen LogP contribution in [-0.2, 0) is 6.54 Å². The summed E-state index contributed by atoms with van der Waals surface area (Å²) >= 11 is 1.67. The summed E-state index contributed by atoms with van der Waals surface area (Å²) in [5, 5.41) is 12.8. The zero-order valence-electron chi connectivity index (χ0n) is 12.0. The summed E-state index contributed by atoms with van der Waals surface area (Å²) in [4.78, 5) is 1.15. The molecule has 0 saturated carbocycles. The number of hydrogen-bond acceptors (Lipinski definition) is 5. The standard InChI is InChI=1S/C14H23NO3S/c1-5-11(16)9-15-8-10-6-12(17-2)13(18-3)7-14(10)19-4/h6-7,11,15-16H,5,8-9H2,1-4H3. The summed E-state index contributed by atoms with van der Waals surface area (Å²) in [5.41, 5.74) is 1.15. The Labute approximate surface area is 119 Å². The lowest BCUT2D eigenvalue weighted by Crippen LogP contribution is -2.25. The van der Waals surface area contributed by atoms with Crippen molar-refractivity contribution in [3.63, 3.8) is 0 Å². The second-order valence-electron chi connectivity index (χ2n) is 4.21. The summed E-state index contributed by atoms with van der Waals surface area (Å²) in [5.74, 6) is 1.47. The molecule has 0 saturated heterocycles. The molecule has 0 bridgehead atoms. The molecule has 0 aliphatic rings. The van der Waals surface area contributed by atoms with E-state index in [0.717, 1.165) is 28.4 Å². The maximum atomic E-state index is 9.53. The highest BCUT2D eigenvalue weighted by Gasteiger charge is 2.10. The Bertz CT molecular complexity index is 399. The summed E-state index contributed by atoms with van der Waals surface area (Å²) in [6, 6.07) is 3.97. The van der Waals surface area contributed by atoms with E-state index in [4.69, 9.17) is 9.47 Å². The summed E-state index contributed by atoms with van der Waals surface area (Å²) < 4.78 is 10.6. The fraction of sp³-hybridized carbons (Fsp3) is 0.571. The molecule has 1 aromatic carbocycles. The Morgan fingerprint density at radius 2 is 1.89 bits per heavy atom. The predicted molar refractivity (Wildman–Crippen MR) is 79.3 cm³/mol. The zero-order chi connectivity index (χ0) is 14.3. The quantitative estimate of drug-likeness (QED) is 0.718. The summed E-state index contributed by atoms with van der Waals surface area (Å²) in [7, 11) is 3.27. The third kappa shape index (κ3) is 4.60. The van der Waals surface area contributed by atoms with Crippen LogP contribution in [0.15, 0.2) is 17.0 Å². The molecule has 0 aliphatic carbocycles. The molecule has 0 aromatic heterocycles. The largest absolute Gasteiger partial charge is 0.493 e. The molecule has 1 aromatic rings. The minimum absolute atomic E-state index is 0.294. The van der Waals surface area contributed by atoms with E-state index in [2.05, 4.69) is 5.32 Å². The van der Waals surface area contributed by atoms with Gasteiger partial charge in [0.15, 0.2) is 11.5 Å². The van der Waals surface area contributed by atoms with Crippen LogP contribution in [-0.4, -0.2) is 38.2 Å². The highest BCUT2D eigenvalue weighted by atomic mass is 32.2. The van der Waals surface area contributed by atoms with E-state index in [1.165, 1.54) is 0 Å². The van der Waals surface area contributed by atoms with Crippen molar-refractivity contribution in [2.75, 3.05) is 27.0 Å². The van der Waals surface area contributed by atoms with E-state index in [0.29, 0.717) is 13.1 Å². The number of benzene rings is 1. The average Bonchev–Trinajstić information content (AvgIpc) is 2.46. The van der Waals surface area contributed by atoms with Crippen molar-refractivity contribution in [3.05, 3.63) is 17.7 Å². The van der Waals surface area contributed by atoms with Crippen LogP contribution in [0.4, 0.5) is 0 Å². The maximum absolute atomic E-state index is 9.53. The van der Waals surface area contributed by atoms with Crippen molar-refractivity contribution in [2.45, 2.75) is 30.9 Å². The fourth-order valence-corrected chi connectivity index (χ4v) is 2.37. The smallest absolute Gasteiger partial charge is 0.161 e. The van der Waals surface area contributed by atoms with Gasteiger partial charge >= 0.3 is 0 Å². The third-order valence-electron chi connectivity index (χ3n) is 2.95. The molecule has 2 N–H and O–H groups in total. The number of aliphatic hydroxyl groups excluding tert-OH is 1. The lowest BCUT2D eigenvalue weighted by molar-refractivity contribution is 0.167. The molecule has 0 spiro atoms. The van der Waals surface area contributed by atoms with Crippen LogP contribution in [0.25, 0.3) is 0 Å². The second kappa shape index (κ2) is 8.30. The van der Waals surface area contributed by atoms with Crippen molar-refractivity contribution >= 4 is 11.8 Å². The third-order valence-corrected chi connectivity index (χ3v) is 3.77. The van der Waals surface area contributed by atoms with Gasteiger partial charge in [-0.15, -0.1) is 11.8 Å². The molecule has 19 heavy (non-hydrogen) atoms. The molecule has 1 rings (SSSR count). The van der Waals surface area contributed by atoms with Gasteiger partial charge in [-0.3, -0.25) is 0 Å². The number of aliphatic hydroxyl groups is 1. The molecule has 108 valence electrons. The molecule has 0 aliphatic heterocycles.